The number of aromatic nitrogens is 1. The number of aryl methyl sites for hydroxylation is 1. The third kappa shape index (κ3) is 1.89. The minimum absolute atomic E-state index is 0.00275. The first kappa shape index (κ1) is 9.80. The molecule has 1 rings (SSSR count). The molecule has 3 N–H and O–H groups in total. The smallest absolute Gasteiger partial charge is 0.254 e. The van der Waals surface area contributed by atoms with Crippen molar-refractivity contribution in [3.8, 4) is 5.75 Å². The van der Waals surface area contributed by atoms with Crippen LogP contribution in [0.15, 0.2) is 16.9 Å². The maximum Gasteiger partial charge on any atom is 0.254 e. The molecule has 4 heteroatoms. The molecule has 0 aliphatic carbocycles. The molecular formula is C9H14N2O2. The van der Waals surface area contributed by atoms with Crippen LogP contribution in [0.4, 0.5) is 0 Å². The molecule has 0 aliphatic rings. The molecule has 4 nitrogen and oxygen atoms in total. The molecule has 0 radical (unpaired) electrons. The van der Waals surface area contributed by atoms with E-state index in [9.17, 15) is 4.79 Å². The number of aromatic hydroxyl groups is 1. The highest BCUT2D eigenvalue weighted by Crippen LogP contribution is 2.10. The zero-order chi connectivity index (χ0) is 10.0. The summed E-state index contributed by atoms with van der Waals surface area (Å²) in [6.07, 6.45) is 0. The van der Waals surface area contributed by atoms with Crippen molar-refractivity contribution >= 4 is 0 Å². The quantitative estimate of drug-likeness (QED) is 0.694. The van der Waals surface area contributed by atoms with Gasteiger partial charge in [-0.05, 0) is 19.9 Å². The van der Waals surface area contributed by atoms with Gasteiger partial charge in [-0.25, -0.2) is 0 Å². The van der Waals surface area contributed by atoms with Gasteiger partial charge in [-0.3, -0.25) is 4.79 Å². The molecule has 1 aromatic rings. The third-order valence-corrected chi connectivity index (χ3v) is 2.03. The summed E-state index contributed by atoms with van der Waals surface area (Å²) in [6.45, 7) is 4.05. The van der Waals surface area contributed by atoms with E-state index in [0.717, 1.165) is 5.69 Å². The molecule has 1 atom stereocenters. The van der Waals surface area contributed by atoms with Crippen LogP contribution in [0.25, 0.3) is 0 Å². The van der Waals surface area contributed by atoms with Crippen LogP contribution in [0.2, 0.25) is 0 Å². The first-order valence-electron chi connectivity index (χ1n) is 4.18. The van der Waals surface area contributed by atoms with Crippen molar-refractivity contribution in [1.29, 1.82) is 0 Å². The summed E-state index contributed by atoms with van der Waals surface area (Å²) < 4.78 is 1.57. The molecule has 0 bridgehead atoms. The molecule has 0 fully saturated rings. The van der Waals surface area contributed by atoms with Gasteiger partial charge >= 0.3 is 0 Å². The molecule has 13 heavy (non-hydrogen) atoms. The van der Waals surface area contributed by atoms with Crippen molar-refractivity contribution in [2.75, 3.05) is 6.54 Å². The SMILES string of the molecule is Cc1cc(O)cc(=O)n1C(C)CN. The van der Waals surface area contributed by atoms with Crippen molar-refractivity contribution in [1.82, 2.24) is 4.57 Å². The summed E-state index contributed by atoms with van der Waals surface area (Å²) in [4.78, 5) is 11.4. The lowest BCUT2D eigenvalue weighted by molar-refractivity contribution is 0.462. The highest BCUT2D eigenvalue weighted by Gasteiger charge is 2.07. The highest BCUT2D eigenvalue weighted by atomic mass is 16.3. The summed E-state index contributed by atoms with van der Waals surface area (Å²) in [5.74, 6) is 0.00275. The Morgan fingerprint density at radius 2 is 2.23 bits per heavy atom. The van der Waals surface area contributed by atoms with Gasteiger partial charge < -0.3 is 15.4 Å². The van der Waals surface area contributed by atoms with E-state index in [1.807, 2.05) is 6.92 Å². The Morgan fingerprint density at radius 1 is 1.62 bits per heavy atom. The monoisotopic (exact) mass is 182 g/mol. The van der Waals surface area contributed by atoms with Crippen LogP contribution < -0.4 is 11.3 Å². The topological polar surface area (TPSA) is 68.2 Å². The van der Waals surface area contributed by atoms with E-state index < -0.39 is 0 Å². The molecule has 0 saturated carbocycles. The summed E-state index contributed by atoms with van der Waals surface area (Å²) in [7, 11) is 0. The second-order valence-corrected chi connectivity index (χ2v) is 3.15. The van der Waals surface area contributed by atoms with Crippen molar-refractivity contribution in [2.45, 2.75) is 19.9 Å². The second-order valence-electron chi connectivity index (χ2n) is 3.15. The van der Waals surface area contributed by atoms with Gasteiger partial charge in [0.1, 0.15) is 5.75 Å². The van der Waals surface area contributed by atoms with Gasteiger partial charge in [-0.15, -0.1) is 0 Å². The molecule has 72 valence electrons. The molecule has 0 aliphatic heterocycles. The van der Waals surface area contributed by atoms with Gasteiger partial charge in [-0.2, -0.15) is 0 Å². The lowest BCUT2D eigenvalue weighted by Crippen LogP contribution is -2.28. The predicted molar refractivity (Wildman–Crippen MR) is 50.9 cm³/mol. The van der Waals surface area contributed by atoms with Crippen molar-refractivity contribution in [3.63, 3.8) is 0 Å². The molecular weight excluding hydrogens is 168 g/mol. The first-order chi connectivity index (χ1) is 6.06. The van der Waals surface area contributed by atoms with Gasteiger partial charge in [0.2, 0.25) is 0 Å². The van der Waals surface area contributed by atoms with E-state index in [1.54, 1.807) is 17.6 Å². The first-order valence-corrected chi connectivity index (χ1v) is 4.18. The van der Waals surface area contributed by atoms with Crippen LogP contribution >= 0.6 is 0 Å². The Hall–Kier alpha value is -1.29. The van der Waals surface area contributed by atoms with Gasteiger partial charge in [-0.1, -0.05) is 0 Å². The average molecular weight is 182 g/mol. The fourth-order valence-corrected chi connectivity index (χ4v) is 1.37. The van der Waals surface area contributed by atoms with Crippen LogP contribution in [0.5, 0.6) is 5.75 Å². The fraction of sp³-hybridized carbons (Fsp3) is 0.444. The zero-order valence-electron chi connectivity index (χ0n) is 7.82. The summed E-state index contributed by atoms with van der Waals surface area (Å²) in [5, 5.41) is 9.13. The van der Waals surface area contributed by atoms with E-state index >= 15 is 0 Å². The van der Waals surface area contributed by atoms with Crippen LogP contribution in [0, 0.1) is 6.92 Å². The number of hydrogen-bond donors (Lipinski definition) is 2. The minimum atomic E-state index is -0.213. The van der Waals surface area contributed by atoms with E-state index in [1.165, 1.54) is 6.07 Å². The summed E-state index contributed by atoms with van der Waals surface area (Å²) in [5.41, 5.74) is 5.97. The number of pyridine rings is 1. The van der Waals surface area contributed by atoms with Crippen molar-refractivity contribution in [2.24, 2.45) is 5.73 Å². The molecule has 1 unspecified atom stereocenters. The second kappa shape index (κ2) is 3.62. The Morgan fingerprint density at radius 3 is 2.69 bits per heavy atom. The van der Waals surface area contributed by atoms with Gasteiger partial charge in [0.25, 0.3) is 5.56 Å². The van der Waals surface area contributed by atoms with E-state index in [2.05, 4.69) is 0 Å². The maximum absolute atomic E-state index is 11.4. The van der Waals surface area contributed by atoms with Crippen LogP contribution in [0.3, 0.4) is 0 Å². The van der Waals surface area contributed by atoms with Gasteiger partial charge in [0.05, 0.1) is 0 Å². The molecule has 0 saturated heterocycles. The van der Waals surface area contributed by atoms with Gasteiger partial charge in [0.15, 0.2) is 0 Å². The number of nitrogens with zero attached hydrogens (tertiary/aromatic N) is 1. The van der Waals surface area contributed by atoms with Crippen molar-refractivity contribution < 1.29 is 5.11 Å². The number of nitrogens with two attached hydrogens (primary N) is 1. The van der Waals surface area contributed by atoms with E-state index in [4.69, 9.17) is 10.8 Å². The largest absolute Gasteiger partial charge is 0.508 e. The van der Waals surface area contributed by atoms with Crippen LogP contribution in [0.1, 0.15) is 18.7 Å². The van der Waals surface area contributed by atoms with Crippen LogP contribution in [-0.4, -0.2) is 16.2 Å². The maximum atomic E-state index is 11.4. The van der Waals surface area contributed by atoms with Crippen molar-refractivity contribution in [3.05, 3.63) is 28.2 Å². The lowest BCUT2D eigenvalue weighted by Gasteiger charge is -2.15. The average Bonchev–Trinajstić information content (AvgIpc) is 2.02. The Balaban J connectivity index is 3.29. The highest BCUT2D eigenvalue weighted by molar-refractivity contribution is 5.21. The molecule has 1 aromatic heterocycles. The summed E-state index contributed by atoms with van der Waals surface area (Å²) in [6, 6.07) is 2.71. The molecule has 0 aromatic carbocycles. The fourth-order valence-electron chi connectivity index (χ4n) is 1.37. The van der Waals surface area contributed by atoms with E-state index in [0.29, 0.717) is 6.54 Å². The summed E-state index contributed by atoms with van der Waals surface area (Å²) >= 11 is 0. The Bertz CT molecular complexity index is 357. The molecule has 0 spiro atoms. The number of hydrogen-bond acceptors (Lipinski definition) is 3. The Kier molecular flexibility index (Phi) is 2.72. The van der Waals surface area contributed by atoms with E-state index in [-0.39, 0.29) is 17.4 Å². The molecule has 1 heterocycles. The zero-order valence-corrected chi connectivity index (χ0v) is 7.82. The normalized spacial score (nSPS) is 12.8. The minimum Gasteiger partial charge on any atom is -0.508 e. The molecule has 0 amide bonds. The third-order valence-electron chi connectivity index (χ3n) is 2.03. The van der Waals surface area contributed by atoms with Crippen LogP contribution in [-0.2, 0) is 0 Å². The lowest BCUT2D eigenvalue weighted by atomic mass is 10.2. The van der Waals surface area contributed by atoms with Gasteiger partial charge in [0, 0.05) is 24.3 Å². The number of rotatable bonds is 2. The predicted octanol–water partition coefficient (Wildman–Crippen LogP) is 0.382. The Labute approximate surface area is 76.6 Å². The standard InChI is InChI=1S/C9H14N2O2/c1-6-3-8(12)4-9(13)11(6)7(2)5-10/h3-4,7,12H,5,10H2,1-2H3.